The number of sulfone groups is 1. The van der Waals surface area contributed by atoms with E-state index < -0.39 is 9.84 Å². The highest BCUT2D eigenvalue weighted by molar-refractivity contribution is 7.91. The number of hydrogen-bond donors (Lipinski definition) is 1. The van der Waals surface area contributed by atoms with E-state index in [2.05, 4.69) is 5.32 Å². The highest BCUT2D eigenvalue weighted by Crippen LogP contribution is 1.94. The highest BCUT2D eigenvalue weighted by Gasteiger charge is 2.13. The Morgan fingerprint density at radius 3 is 2.50 bits per heavy atom. The van der Waals surface area contributed by atoms with Crippen LogP contribution in [0.15, 0.2) is 0 Å². The summed E-state index contributed by atoms with van der Waals surface area (Å²) in [4.78, 5) is 0. The van der Waals surface area contributed by atoms with Crippen molar-refractivity contribution in [2.24, 2.45) is 0 Å². The lowest BCUT2D eigenvalue weighted by atomic mass is 10.4. The number of methoxy groups -OCH3 is 1. The summed E-state index contributed by atoms with van der Waals surface area (Å²) < 4.78 is 27.2. The third-order valence-corrected chi connectivity index (χ3v) is 3.39. The molecule has 0 saturated heterocycles. The van der Waals surface area contributed by atoms with E-state index in [0.29, 0.717) is 0 Å². The summed E-state index contributed by atoms with van der Waals surface area (Å²) in [7, 11) is 0.301. The molecule has 1 N–H and O–H groups in total. The first-order chi connectivity index (χ1) is 5.52. The van der Waals surface area contributed by atoms with Crippen molar-refractivity contribution in [3.8, 4) is 0 Å². The van der Waals surface area contributed by atoms with E-state index in [1.807, 2.05) is 6.92 Å². The van der Waals surface area contributed by atoms with Crippen LogP contribution in [0.2, 0.25) is 0 Å². The van der Waals surface area contributed by atoms with E-state index in [9.17, 15) is 8.42 Å². The first-order valence-electron chi connectivity index (χ1n) is 3.88. The molecule has 0 bridgehead atoms. The Kier molecular flexibility index (Phi) is 5.44. The van der Waals surface area contributed by atoms with Crippen LogP contribution in [0.25, 0.3) is 0 Å². The smallest absolute Gasteiger partial charge is 0.154 e. The molecule has 0 heterocycles. The topological polar surface area (TPSA) is 55.4 Å². The number of rotatable bonds is 6. The molecule has 0 rings (SSSR count). The van der Waals surface area contributed by atoms with E-state index in [-0.39, 0.29) is 24.2 Å². The fourth-order valence-electron chi connectivity index (χ4n) is 0.758. The molecule has 0 aromatic heterocycles. The first kappa shape index (κ1) is 11.9. The Morgan fingerprint density at radius 2 is 2.08 bits per heavy atom. The standard InChI is InChI=1S/C7H17NO3S/c1-7(8-2)6-12(9,10)5-4-11-3/h7-8H,4-6H2,1-3H3. The molecule has 5 heteroatoms. The van der Waals surface area contributed by atoms with Crippen LogP contribution < -0.4 is 5.32 Å². The summed E-state index contributed by atoms with van der Waals surface area (Å²) in [6, 6.07) is 0.00635. The van der Waals surface area contributed by atoms with Crippen LogP contribution in [0.4, 0.5) is 0 Å². The van der Waals surface area contributed by atoms with Crippen LogP contribution in [0.5, 0.6) is 0 Å². The van der Waals surface area contributed by atoms with Crippen molar-refractivity contribution in [1.29, 1.82) is 0 Å². The average Bonchev–Trinajstić information content (AvgIpc) is 2.00. The van der Waals surface area contributed by atoms with Crippen molar-refractivity contribution in [1.82, 2.24) is 5.32 Å². The van der Waals surface area contributed by atoms with Crippen LogP contribution in [0.1, 0.15) is 6.92 Å². The van der Waals surface area contributed by atoms with Gasteiger partial charge < -0.3 is 10.1 Å². The maximum absolute atomic E-state index is 11.2. The number of nitrogens with one attached hydrogen (secondary N) is 1. The summed E-state index contributed by atoms with van der Waals surface area (Å²) in [6.07, 6.45) is 0. The van der Waals surface area contributed by atoms with E-state index in [1.165, 1.54) is 7.11 Å². The van der Waals surface area contributed by atoms with Crippen LogP contribution in [-0.4, -0.2) is 46.7 Å². The summed E-state index contributed by atoms with van der Waals surface area (Å²) >= 11 is 0. The third kappa shape index (κ3) is 5.51. The second-order valence-electron chi connectivity index (χ2n) is 2.80. The molecule has 1 atom stereocenters. The van der Waals surface area contributed by atoms with Crippen molar-refractivity contribution in [2.45, 2.75) is 13.0 Å². The van der Waals surface area contributed by atoms with Gasteiger partial charge in [-0.2, -0.15) is 0 Å². The highest BCUT2D eigenvalue weighted by atomic mass is 32.2. The summed E-state index contributed by atoms with van der Waals surface area (Å²) in [5.41, 5.74) is 0. The van der Waals surface area contributed by atoms with Crippen LogP contribution in [0, 0.1) is 0 Å². The van der Waals surface area contributed by atoms with Crippen molar-refractivity contribution in [3.63, 3.8) is 0 Å². The minimum Gasteiger partial charge on any atom is -0.384 e. The molecule has 0 saturated carbocycles. The van der Waals surface area contributed by atoms with Gasteiger partial charge in [-0.25, -0.2) is 8.42 Å². The predicted octanol–water partition coefficient (Wildman–Crippen LogP) is -0.344. The molecule has 12 heavy (non-hydrogen) atoms. The van der Waals surface area contributed by atoms with Crippen molar-refractivity contribution >= 4 is 9.84 Å². The Bertz CT molecular complexity index is 201. The van der Waals surface area contributed by atoms with E-state index in [4.69, 9.17) is 4.74 Å². The minimum absolute atomic E-state index is 0.00635. The van der Waals surface area contributed by atoms with Gasteiger partial charge in [0.25, 0.3) is 0 Å². The zero-order valence-electron chi connectivity index (χ0n) is 7.83. The van der Waals surface area contributed by atoms with Crippen LogP contribution in [0.3, 0.4) is 0 Å². The lowest BCUT2D eigenvalue weighted by Gasteiger charge is -2.09. The molecule has 0 aromatic carbocycles. The lowest BCUT2D eigenvalue weighted by Crippen LogP contribution is -2.31. The van der Waals surface area contributed by atoms with Gasteiger partial charge in [-0.15, -0.1) is 0 Å². The van der Waals surface area contributed by atoms with Gasteiger partial charge in [0.05, 0.1) is 18.1 Å². The summed E-state index contributed by atoms with van der Waals surface area (Å²) in [6.45, 7) is 2.11. The van der Waals surface area contributed by atoms with Gasteiger partial charge in [-0.3, -0.25) is 0 Å². The second kappa shape index (κ2) is 5.50. The first-order valence-corrected chi connectivity index (χ1v) is 5.70. The van der Waals surface area contributed by atoms with Gasteiger partial charge in [0.15, 0.2) is 9.84 Å². The van der Waals surface area contributed by atoms with Gasteiger partial charge in [-0.05, 0) is 14.0 Å². The van der Waals surface area contributed by atoms with Crippen molar-refractivity contribution in [3.05, 3.63) is 0 Å². The Hall–Kier alpha value is -0.130. The van der Waals surface area contributed by atoms with Gasteiger partial charge in [0.2, 0.25) is 0 Å². The number of hydrogen-bond acceptors (Lipinski definition) is 4. The zero-order chi connectivity index (χ0) is 9.61. The third-order valence-electron chi connectivity index (χ3n) is 1.60. The molecule has 0 aliphatic carbocycles. The predicted molar refractivity (Wildman–Crippen MR) is 49.1 cm³/mol. The van der Waals surface area contributed by atoms with Gasteiger partial charge in [0.1, 0.15) is 0 Å². The Labute approximate surface area is 74.2 Å². The fourth-order valence-corrected chi connectivity index (χ4v) is 2.27. The molecule has 4 nitrogen and oxygen atoms in total. The monoisotopic (exact) mass is 195 g/mol. The van der Waals surface area contributed by atoms with Crippen molar-refractivity contribution < 1.29 is 13.2 Å². The molecule has 0 amide bonds. The summed E-state index contributed by atoms with van der Waals surface area (Å²) in [5.74, 6) is 0.280. The average molecular weight is 195 g/mol. The zero-order valence-corrected chi connectivity index (χ0v) is 8.65. The Balaban J connectivity index is 3.88. The van der Waals surface area contributed by atoms with Crippen LogP contribution in [-0.2, 0) is 14.6 Å². The largest absolute Gasteiger partial charge is 0.384 e. The Morgan fingerprint density at radius 1 is 1.50 bits per heavy atom. The van der Waals surface area contributed by atoms with Gasteiger partial charge in [0, 0.05) is 13.2 Å². The van der Waals surface area contributed by atoms with E-state index >= 15 is 0 Å². The maximum atomic E-state index is 11.2. The summed E-state index contributed by atoms with van der Waals surface area (Å²) in [5, 5.41) is 2.88. The number of ether oxygens (including phenoxy) is 1. The second-order valence-corrected chi connectivity index (χ2v) is 5.03. The maximum Gasteiger partial charge on any atom is 0.154 e. The molecule has 0 aromatic rings. The lowest BCUT2D eigenvalue weighted by molar-refractivity contribution is 0.217. The fraction of sp³-hybridized carbons (Fsp3) is 1.00. The van der Waals surface area contributed by atoms with Crippen LogP contribution >= 0.6 is 0 Å². The van der Waals surface area contributed by atoms with Gasteiger partial charge in [-0.1, -0.05) is 0 Å². The van der Waals surface area contributed by atoms with Gasteiger partial charge >= 0.3 is 0 Å². The molecule has 74 valence electrons. The molecule has 1 unspecified atom stereocenters. The van der Waals surface area contributed by atoms with Crippen molar-refractivity contribution in [2.75, 3.05) is 32.3 Å². The molecule has 0 aliphatic rings. The molecule has 0 fully saturated rings. The normalized spacial score (nSPS) is 14.6. The molecular formula is C7H17NO3S. The molecular weight excluding hydrogens is 178 g/mol. The quantitative estimate of drug-likeness (QED) is 0.630. The van der Waals surface area contributed by atoms with E-state index in [1.54, 1.807) is 7.05 Å². The van der Waals surface area contributed by atoms with E-state index in [0.717, 1.165) is 0 Å². The molecule has 0 radical (unpaired) electrons. The molecule has 0 aliphatic heterocycles. The SMILES string of the molecule is CNC(C)CS(=O)(=O)CCOC. The molecule has 0 spiro atoms. The minimum atomic E-state index is -2.94.